The fourth-order valence-corrected chi connectivity index (χ4v) is 6.32. The van der Waals surface area contributed by atoms with Gasteiger partial charge in [-0.05, 0) is 42.3 Å². The van der Waals surface area contributed by atoms with Gasteiger partial charge in [0.2, 0.25) is 30.1 Å². The Labute approximate surface area is 211 Å². The molecule has 36 heavy (non-hydrogen) atoms. The number of carbonyl (C=O) groups is 4. The normalized spacial score (nSPS) is 27.6. The molecule has 6 rings (SSSR count). The number of carbonyl (C=O) groups excluding carboxylic acids is 4. The van der Waals surface area contributed by atoms with E-state index < -0.39 is 35.2 Å². The molecule has 4 amide bonds. The smallest absolute Gasteiger partial charge is 0.291 e. The number of likely N-dealkylation sites (tertiary alicyclic amines) is 1. The lowest BCUT2D eigenvalue weighted by Crippen LogP contribution is -2.99. The number of quaternary nitrogens is 1. The molecular formula is C25H24ClN4O6+. The number of nitrogens with zero attached hydrogens (tertiary/aromatic N) is 1. The molecule has 10 nitrogen and oxygen atoms in total. The minimum Gasteiger partial charge on any atom is -0.454 e. The summed E-state index contributed by atoms with van der Waals surface area (Å²) in [5.74, 6) is -2.22. The first-order valence-corrected chi connectivity index (χ1v) is 12.1. The lowest BCUT2D eigenvalue weighted by Gasteiger charge is -2.26. The standard InChI is InChI=1S/C25H23ClN4O6/c1-11-14(26)4-3-13-21(11)28-24(34)25(13)20-19(15(29-25)5-7-18(27)31)22(32)30(23(20)33)9-12-2-6-16-17(8-12)36-10-35-16/h2-4,6,8,15,19-20,29H,5,7,9-10H2,1H3,(H2,27,31)(H,28,34)/p+1/t15-,19-,20+,25-/m1/s1. The van der Waals surface area contributed by atoms with Crippen molar-refractivity contribution >= 4 is 40.9 Å². The van der Waals surface area contributed by atoms with Gasteiger partial charge in [-0.15, -0.1) is 0 Å². The molecule has 4 aliphatic heterocycles. The monoisotopic (exact) mass is 511 g/mol. The number of imide groups is 1. The average molecular weight is 512 g/mol. The zero-order valence-electron chi connectivity index (χ0n) is 19.4. The summed E-state index contributed by atoms with van der Waals surface area (Å²) < 4.78 is 10.8. The van der Waals surface area contributed by atoms with Crippen LogP contribution < -0.4 is 25.8 Å². The van der Waals surface area contributed by atoms with Crippen molar-refractivity contribution in [3.8, 4) is 11.5 Å². The minimum atomic E-state index is -1.34. The second-order valence-corrected chi connectivity index (χ2v) is 10.1. The number of benzene rings is 2. The van der Waals surface area contributed by atoms with Gasteiger partial charge >= 0.3 is 0 Å². The number of amides is 4. The molecule has 2 aromatic carbocycles. The van der Waals surface area contributed by atoms with Crippen molar-refractivity contribution in [2.75, 3.05) is 12.1 Å². The van der Waals surface area contributed by atoms with Crippen LogP contribution in [0.3, 0.4) is 0 Å². The third kappa shape index (κ3) is 3.07. The molecule has 186 valence electrons. The Balaban J connectivity index is 1.41. The van der Waals surface area contributed by atoms with Crippen LogP contribution in [0.1, 0.15) is 29.5 Å². The van der Waals surface area contributed by atoms with Crippen molar-refractivity contribution in [3.05, 3.63) is 52.0 Å². The van der Waals surface area contributed by atoms with E-state index in [4.69, 9.17) is 26.8 Å². The molecule has 4 heterocycles. The SMILES string of the molecule is Cc1c(Cl)ccc2c1NC(=O)[C@@]21[NH2+][C@H](CCC(N)=O)[C@H]2C(=O)N(Cc3ccc4c(c3)OCO4)C(=O)[C@H]21. The van der Waals surface area contributed by atoms with E-state index in [0.29, 0.717) is 38.9 Å². The molecular weight excluding hydrogens is 488 g/mol. The van der Waals surface area contributed by atoms with Gasteiger partial charge in [0.1, 0.15) is 17.9 Å². The summed E-state index contributed by atoms with van der Waals surface area (Å²) >= 11 is 6.30. The van der Waals surface area contributed by atoms with Gasteiger partial charge in [0.15, 0.2) is 11.5 Å². The zero-order valence-corrected chi connectivity index (χ0v) is 20.1. The van der Waals surface area contributed by atoms with Gasteiger partial charge in [-0.1, -0.05) is 17.7 Å². The van der Waals surface area contributed by atoms with Crippen molar-refractivity contribution in [1.29, 1.82) is 0 Å². The van der Waals surface area contributed by atoms with Gasteiger partial charge in [0.25, 0.3) is 5.91 Å². The van der Waals surface area contributed by atoms with Gasteiger partial charge in [-0.3, -0.25) is 24.1 Å². The van der Waals surface area contributed by atoms with Crippen LogP contribution in [0, 0.1) is 18.8 Å². The number of hydrogen-bond acceptors (Lipinski definition) is 6. The Morgan fingerprint density at radius 3 is 2.75 bits per heavy atom. The molecule has 2 aromatic rings. The third-order valence-electron chi connectivity index (χ3n) is 7.83. The molecule has 1 spiro atoms. The van der Waals surface area contributed by atoms with Gasteiger partial charge in [0, 0.05) is 23.4 Å². The Bertz CT molecular complexity index is 1360. The Hall–Kier alpha value is -3.63. The van der Waals surface area contributed by atoms with Crippen molar-refractivity contribution in [1.82, 2.24) is 4.90 Å². The zero-order chi connectivity index (χ0) is 25.4. The molecule has 2 saturated heterocycles. The van der Waals surface area contributed by atoms with E-state index in [-0.39, 0.29) is 38.0 Å². The van der Waals surface area contributed by atoms with E-state index in [2.05, 4.69) is 5.32 Å². The first kappa shape index (κ1) is 22.8. The van der Waals surface area contributed by atoms with Crippen LogP contribution in [-0.2, 0) is 31.3 Å². The molecule has 2 fully saturated rings. The van der Waals surface area contributed by atoms with Crippen LogP contribution in [-0.4, -0.2) is 41.4 Å². The number of nitrogens with two attached hydrogens (primary N) is 2. The molecule has 4 aliphatic rings. The molecule has 0 saturated carbocycles. The highest BCUT2D eigenvalue weighted by molar-refractivity contribution is 6.32. The van der Waals surface area contributed by atoms with E-state index in [9.17, 15) is 19.2 Å². The Morgan fingerprint density at radius 2 is 1.97 bits per heavy atom. The van der Waals surface area contributed by atoms with Gasteiger partial charge in [-0.25, -0.2) is 0 Å². The number of rotatable bonds is 5. The number of hydrogen-bond donors (Lipinski definition) is 3. The average Bonchev–Trinajstić information content (AvgIpc) is 3.57. The second kappa shape index (κ2) is 7.94. The highest BCUT2D eigenvalue weighted by atomic mass is 35.5. The van der Waals surface area contributed by atoms with E-state index in [0.717, 1.165) is 0 Å². The molecule has 5 N–H and O–H groups in total. The second-order valence-electron chi connectivity index (χ2n) is 9.71. The number of primary amides is 1. The van der Waals surface area contributed by atoms with E-state index in [1.807, 2.05) is 0 Å². The fourth-order valence-electron chi connectivity index (χ4n) is 6.16. The van der Waals surface area contributed by atoms with Crippen LogP contribution in [0.25, 0.3) is 0 Å². The number of fused-ring (bicyclic) bond motifs is 5. The number of nitrogens with one attached hydrogen (secondary N) is 1. The number of halogens is 1. The Kier molecular flexibility index (Phi) is 5.03. The summed E-state index contributed by atoms with van der Waals surface area (Å²) in [6.07, 6.45) is 0.308. The quantitative estimate of drug-likeness (QED) is 0.500. The molecule has 0 unspecified atom stereocenters. The molecule has 0 radical (unpaired) electrons. The van der Waals surface area contributed by atoms with Gasteiger partial charge in [-0.2, -0.15) is 0 Å². The maximum Gasteiger partial charge on any atom is 0.291 e. The van der Waals surface area contributed by atoms with Gasteiger partial charge < -0.3 is 25.8 Å². The first-order valence-electron chi connectivity index (χ1n) is 11.7. The highest BCUT2D eigenvalue weighted by Crippen LogP contribution is 2.51. The minimum absolute atomic E-state index is 0.0358. The summed E-state index contributed by atoms with van der Waals surface area (Å²) in [5.41, 5.74) is 6.64. The maximum absolute atomic E-state index is 13.9. The summed E-state index contributed by atoms with van der Waals surface area (Å²) in [6.45, 7) is 1.95. The van der Waals surface area contributed by atoms with E-state index in [1.54, 1.807) is 42.6 Å². The van der Waals surface area contributed by atoms with E-state index in [1.165, 1.54) is 4.90 Å². The number of ether oxygens (including phenoxy) is 2. The van der Waals surface area contributed by atoms with Crippen molar-refractivity contribution in [3.63, 3.8) is 0 Å². The van der Waals surface area contributed by atoms with Crippen LogP contribution in [0.2, 0.25) is 5.02 Å². The topological polar surface area (TPSA) is 145 Å². The number of anilines is 1. The summed E-state index contributed by atoms with van der Waals surface area (Å²) in [6, 6.07) is 8.22. The highest BCUT2D eigenvalue weighted by Gasteiger charge is 2.74. The molecule has 11 heteroatoms. The maximum atomic E-state index is 13.9. The van der Waals surface area contributed by atoms with Crippen LogP contribution in [0.15, 0.2) is 30.3 Å². The molecule has 4 atom stereocenters. The molecule has 0 aliphatic carbocycles. The lowest BCUT2D eigenvalue weighted by molar-refractivity contribution is -0.734. The largest absolute Gasteiger partial charge is 0.454 e. The summed E-state index contributed by atoms with van der Waals surface area (Å²) in [5, 5.41) is 5.18. The fraction of sp³-hybridized carbons (Fsp3) is 0.360. The lowest BCUT2D eigenvalue weighted by atomic mass is 9.76. The third-order valence-corrected chi connectivity index (χ3v) is 8.24. The Morgan fingerprint density at radius 1 is 1.19 bits per heavy atom. The molecule has 0 aromatic heterocycles. The predicted molar refractivity (Wildman–Crippen MR) is 126 cm³/mol. The summed E-state index contributed by atoms with van der Waals surface area (Å²) in [7, 11) is 0. The molecule has 0 bridgehead atoms. The van der Waals surface area contributed by atoms with Gasteiger partial charge in [0.05, 0.1) is 12.2 Å². The van der Waals surface area contributed by atoms with Crippen molar-refractivity contribution < 1.29 is 34.0 Å². The van der Waals surface area contributed by atoms with Crippen LogP contribution in [0.5, 0.6) is 11.5 Å². The summed E-state index contributed by atoms with van der Waals surface area (Å²) in [4.78, 5) is 54.0. The van der Waals surface area contributed by atoms with E-state index >= 15 is 0 Å². The van der Waals surface area contributed by atoms with Crippen molar-refractivity contribution in [2.45, 2.75) is 37.9 Å². The predicted octanol–water partition coefficient (Wildman–Crippen LogP) is 0.537. The van der Waals surface area contributed by atoms with Crippen molar-refractivity contribution in [2.24, 2.45) is 17.6 Å². The first-order chi connectivity index (χ1) is 17.2. The van der Waals surface area contributed by atoms with Crippen LogP contribution >= 0.6 is 11.6 Å². The van der Waals surface area contributed by atoms with Crippen LogP contribution in [0.4, 0.5) is 5.69 Å².